The molecular weight excluding hydrogens is 264 g/mol. The third kappa shape index (κ3) is 5.61. The molecule has 0 fully saturated rings. The van der Waals surface area contributed by atoms with E-state index in [2.05, 4.69) is 16.5 Å². The van der Waals surface area contributed by atoms with Gasteiger partial charge < -0.3 is 11.1 Å². The highest BCUT2D eigenvalue weighted by Crippen LogP contribution is 2.03. The van der Waals surface area contributed by atoms with Crippen LogP contribution in [0.3, 0.4) is 0 Å². The van der Waals surface area contributed by atoms with Gasteiger partial charge in [-0.3, -0.25) is 9.48 Å². The van der Waals surface area contributed by atoms with Gasteiger partial charge in [0.2, 0.25) is 5.91 Å². The summed E-state index contributed by atoms with van der Waals surface area (Å²) in [4.78, 5) is 11.7. The van der Waals surface area contributed by atoms with Crippen LogP contribution in [-0.2, 0) is 11.3 Å². The Balaban J connectivity index is 0.00000324. The lowest BCUT2D eigenvalue weighted by Gasteiger charge is -2.15. The van der Waals surface area contributed by atoms with Gasteiger partial charge in [-0.2, -0.15) is 5.10 Å². The van der Waals surface area contributed by atoms with Crippen LogP contribution in [0, 0.1) is 19.8 Å². The Labute approximate surface area is 121 Å². The van der Waals surface area contributed by atoms with Crippen LogP contribution in [-0.4, -0.2) is 28.3 Å². The smallest absolute Gasteiger partial charge is 0.224 e. The van der Waals surface area contributed by atoms with Crippen LogP contribution in [0.2, 0.25) is 0 Å². The highest BCUT2D eigenvalue weighted by Gasteiger charge is 2.15. The number of carbonyl (C=O) groups is 1. The number of amides is 1. The Kier molecular flexibility index (Phi) is 7.71. The zero-order chi connectivity index (χ0) is 13.7. The van der Waals surface area contributed by atoms with Crippen molar-refractivity contribution in [3.8, 4) is 0 Å². The van der Waals surface area contributed by atoms with E-state index in [1.807, 2.05) is 32.4 Å². The minimum absolute atomic E-state index is 0. The summed E-state index contributed by atoms with van der Waals surface area (Å²) >= 11 is 0. The molecule has 1 aromatic rings. The van der Waals surface area contributed by atoms with Crippen molar-refractivity contribution in [3.63, 3.8) is 0 Å². The molecule has 0 saturated carbocycles. The number of aromatic nitrogens is 2. The maximum Gasteiger partial charge on any atom is 0.224 e. The lowest BCUT2D eigenvalue weighted by molar-refractivity contribution is -0.124. The van der Waals surface area contributed by atoms with Crippen molar-refractivity contribution in [1.82, 2.24) is 15.1 Å². The van der Waals surface area contributed by atoms with Crippen LogP contribution in [0.15, 0.2) is 6.07 Å². The molecule has 2 unspecified atom stereocenters. The topological polar surface area (TPSA) is 72.9 Å². The SMILES string of the molecule is Cc1cc(C)n(CCCNC(=O)C(C)C(C)N)n1.Cl. The Morgan fingerprint density at radius 2 is 2.11 bits per heavy atom. The van der Waals surface area contributed by atoms with Gasteiger partial charge in [0.1, 0.15) is 0 Å². The van der Waals surface area contributed by atoms with Gasteiger partial charge in [-0.25, -0.2) is 0 Å². The summed E-state index contributed by atoms with van der Waals surface area (Å²) in [7, 11) is 0. The molecule has 0 aliphatic rings. The molecule has 0 spiro atoms. The maximum absolute atomic E-state index is 11.7. The predicted octanol–water partition coefficient (Wildman–Crippen LogP) is 1.41. The van der Waals surface area contributed by atoms with E-state index in [9.17, 15) is 4.79 Å². The van der Waals surface area contributed by atoms with Gasteiger partial charge in [0.25, 0.3) is 0 Å². The van der Waals surface area contributed by atoms with Gasteiger partial charge in [-0.05, 0) is 33.3 Å². The molecule has 0 aromatic carbocycles. The normalized spacial score (nSPS) is 13.5. The van der Waals surface area contributed by atoms with Crippen LogP contribution in [0.4, 0.5) is 0 Å². The predicted molar refractivity (Wildman–Crippen MR) is 79.4 cm³/mol. The standard InChI is InChI=1S/C13H24N4O.ClH/c1-9-8-10(2)17(16-9)7-5-6-15-13(18)11(3)12(4)14;/h8,11-12H,5-7,14H2,1-4H3,(H,15,18);1H. The summed E-state index contributed by atoms with van der Waals surface area (Å²) < 4.78 is 1.97. The number of carbonyl (C=O) groups excluding carboxylic acids is 1. The van der Waals surface area contributed by atoms with Crippen LogP contribution >= 0.6 is 12.4 Å². The van der Waals surface area contributed by atoms with E-state index >= 15 is 0 Å². The van der Waals surface area contributed by atoms with Crippen LogP contribution < -0.4 is 11.1 Å². The zero-order valence-corrected chi connectivity index (χ0v) is 13.0. The van der Waals surface area contributed by atoms with Crippen LogP contribution in [0.1, 0.15) is 31.7 Å². The van der Waals surface area contributed by atoms with Gasteiger partial charge in [-0.1, -0.05) is 6.92 Å². The highest BCUT2D eigenvalue weighted by molar-refractivity contribution is 5.85. The first-order valence-corrected chi connectivity index (χ1v) is 6.46. The van der Waals surface area contributed by atoms with Crippen LogP contribution in [0.5, 0.6) is 0 Å². The van der Waals surface area contributed by atoms with E-state index in [1.54, 1.807) is 0 Å². The molecule has 0 radical (unpaired) electrons. The van der Waals surface area contributed by atoms with E-state index in [4.69, 9.17) is 5.73 Å². The van der Waals surface area contributed by atoms with Crippen molar-refractivity contribution in [2.24, 2.45) is 11.7 Å². The van der Waals surface area contributed by atoms with Crippen molar-refractivity contribution in [3.05, 3.63) is 17.5 Å². The number of nitrogens with zero attached hydrogens (tertiary/aromatic N) is 2. The number of halogens is 1. The van der Waals surface area contributed by atoms with Gasteiger partial charge in [0, 0.05) is 30.7 Å². The summed E-state index contributed by atoms with van der Waals surface area (Å²) in [5.74, 6) is -0.114. The maximum atomic E-state index is 11.7. The molecule has 0 aliphatic carbocycles. The zero-order valence-electron chi connectivity index (χ0n) is 12.1. The fraction of sp³-hybridized carbons (Fsp3) is 0.692. The second-order valence-corrected chi connectivity index (χ2v) is 4.94. The molecule has 1 heterocycles. The Bertz CT molecular complexity index is 403. The van der Waals surface area contributed by atoms with E-state index in [-0.39, 0.29) is 30.3 Å². The monoisotopic (exact) mass is 288 g/mol. The molecule has 0 aliphatic heterocycles. The number of rotatable bonds is 6. The van der Waals surface area contributed by atoms with E-state index in [1.165, 1.54) is 0 Å². The average molecular weight is 289 g/mol. The van der Waals surface area contributed by atoms with Gasteiger partial charge >= 0.3 is 0 Å². The van der Waals surface area contributed by atoms with Gasteiger partial charge in [0.15, 0.2) is 0 Å². The van der Waals surface area contributed by atoms with E-state index in [0.717, 1.165) is 24.4 Å². The van der Waals surface area contributed by atoms with Crippen molar-refractivity contribution >= 4 is 18.3 Å². The number of nitrogens with two attached hydrogens (primary N) is 1. The van der Waals surface area contributed by atoms with Crippen molar-refractivity contribution in [2.45, 2.75) is 46.7 Å². The third-order valence-electron chi connectivity index (χ3n) is 3.15. The summed E-state index contributed by atoms with van der Waals surface area (Å²) in [5, 5.41) is 7.27. The largest absolute Gasteiger partial charge is 0.356 e. The van der Waals surface area contributed by atoms with Gasteiger partial charge in [-0.15, -0.1) is 12.4 Å². The number of hydrogen-bond acceptors (Lipinski definition) is 3. The van der Waals surface area contributed by atoms with Crippen molar-refractivity contribution in [1.29, 1.82) is 0 Å². The first kappa shape index (κ1) is 17.9. The molecule has 0 bridgehead atoms. The average Bonchev–Trinajstić information content (AvgIpc) is 2.62. The first-order valence-electron chi connectivity index (χ1n) is 6.46. The molecule has 1 aromatic heterocycles. The number of aryl methyl sites for hydroxylation is 3. The third-order valence-corrected chi connectivity index (χ3v) is 3.15. The molecule has 6 heteroatoms. The summed E-state index contributed by atoms with van der Waals surface area (Å²) in [6, 6.07) is 1.94. The van der Waals surface area contributed by atoms with Crippen molar-refractivity contribution < 1.29 is 4.79 Å². The Morgan fingerprint density at radius 3 is 2.58 bits per heavy atom. The second-order valence-electron chi connectivity index (χ2n) is 4.94. The minimum Gasteiger partial charge on any atom is -0.356 e. The molecular formula is C13H25ClN4O. The fourth-order valence-corrected chi connectivity index (χ4v) is 1.74. The lowest BCUT2D eigenvalue weighted by Crippen LogP contribution is -2.39. The van der Waals surface area contributed by atoms with E-state index < -0.39 is 0 Å². The molecule has 2 atom stereocenters. The highest BCUT2D eigenvalue weighted by atomic mass is 35.5. The minimum atomic E-state index is -0.140. The molecule has 1 rings (SSSR count). The first-order chi connectivity index (χ1) is 8.41. The Hall–Kier alpha value is -1.07. The molecule has 5 nitrogen and oxygen atoms in total. The van der Waals surface area contributed by atoms with E-state index in [0.29, 0.717) is 6.54 Å². The lowest BCUT2D eigenvalue weighted by atomic mass is 10.0. The summed E-state index contributed by atoms with van der Waals surface area (Å²) in [6.45, 7) is 9.20. The Morgan fingerprint density at radius 1 is 1.47 bits per heavy atom. The molecule has 110 valence electrons. The fourth-order valence-electron chi connectivity index (χ4n) is 1.74. The summed E-state index contributed by atoms with van der Waals surface area (Å²) in [5.41, 5.74) is 7.86. The molecule has 19 heavy (non-hydrogen) atoms. The molecule has 0 saturated heterocycles. The second kappa shape index (κ2) is 8.17. The van der Waals surface area contributed by atoms with Crippen LogP contribution in [0.25, 0.3) is 0 Å². The van der Waals surface area contributed by atoms with Gasteiger partial charge in [0.05, 0.1) is 5.69 Å². The molecule has 3 N–H and O–H groups in total. The number of nitrogens with one attached hydrogen (secondary N) is 1. The summed E-state index contributed by atoms with van der Waals surface area (Å²) in [6.07, 6.45) is 0.874. The quantitative estimate of drug-likeness (QED) is 0.778. The van der Waals surface area contributed by atoms with Crippen molar-refractivity contribution in [2.75, 3.05) is 6.54 Å². The number of hydrogen-bond donors (Lipinski definition) is 2. The molecule has 1 amide bonds.